The summed E-state index contributed by atoms with van der Waals surface area (Å²) in [6.07, 6.45) is 1.89. The minimum absolute atomic E-state index is 0.0501. The molecule has 1 aromatic carbocycles. The number of sulfone groups is 1. The third-order valence-electron chi connectivity index (χ3n) is 4.79. The van der Waals surface area contributed by atoms with Crippen LogP contribution in [0.2, 0.25) is 0 Å². The largest absolute Gasteiger partial charge is 0.308 e. The molecule has 4 aromatic rings. The number of nitrogens with one attached hydrogen (secondary N) is 2. The highest BCUT2D eigenvalue weighted by atomic mass is 32.2. The van der Waals surface area contributed by atoms with E-state index in [9.17, 15) is 8.42 Å². The number of nitrogens with zero attached hydrogens (tertiary/aromatic N) is 4. The van der Waals surface area contributed by atoms with Crippen molar-refractivity contribution in [3.63, 3.8) is 0 Å². The number of rotatable bonds is 5. The van der Waals surface area contributed by atoms with Gasteiger partial charge in [0, 0.05) is 29.6 Å². The molecule has 0 bridgehead atoms. The highest BCUT2D eigenvalue weighted by Gasteiger charge is 2.19. The summed E-state index contributed by atoms with van der Waals surface area (Å²) in [6, 6.07) is 9.00. The second kappa shape index (κ2) is 7.00. The fraction of sp³-hybridized carbons (Fsp3) is 0.250. The van der Waals surface area contributed by atoms with Crippen molar-refractivity contribution in [1.82, 2.24) is 24.6 Å². The Kier molecular flexibility index (Phi) is 4.62. The van der Waals surface area contributed by atoms with E-state index < -0.39 is 9.84 Å². The maximum atomic E-state index is 12.5. The van der Waals surface area contributed by atoms with Gasteiger partial charge in [0.25, 0.3) is 0 Å². The molecule has 0 unspecified atom stereocenters. The van der Waals surface area contributed by atoms with Crippen molar-refractivity contribution in [2.75, 3.05) is 11.1 Å². The molecule has 3 heterocycles. The maximum Gasteiger partial charge on any atom is 0.215 e. The summed E-state index contributed by atoms with van der Waals surface area (Å²) >= 11 is 0. The molecule has 0 aliphatic carbocycles. The highest BCUT2D eigenvalue weighted by Crippen LogP contribution is 2.30. The van der Waals surface area contributed by atoms with Gasteiger partial charge in [-0.05, 0) is 32.4 Å². The molecular formula is C20H22N6O2S. The van der Waals surface area contributed by atoms with Crippen LogP contribution in [-0.4, -0.2) is 38.7 Å². The number of anilines is 2. The zero-order chi connectivity index (χ0) is 20.8. The van der Waals surface area contributed by atoms with E-state index in [1.807, 2.05) is 49.6 Å². The standard InChI is InChI=1S/C20H22N6O2S/c1-5-29(27,28)17-8-6-7-15(14(17)4)16-10-19-21-13(3)11-26(19)20(22-16)23-18-9-12(2)24-25-18/h6-11H,5H2,1-4H3,(H2,22,23,24,25). The summed E-state index contributed by atoms with van der Waals surface area (Å²) in [5.74, 6) is 1.24. The van der Waals surface area contributed by atoms with Gasteiger partial charge in [0.1, 0.15) is 5.65 Å². The molecule has 0 atom stereocenters. The quantitative estimate of drug-likeness (QED) is 0.521. The van der Waals surface area contributed by atoms with Crippen LogP contribution in [0, 0.1) is 20.8 Å². The number of aromatic nitrogens is 5. The average Bonchev–Trinajstić information content (AvgIpc) is 3.26. The first kappa shape index (κ1) is 19.1. The van der Waals surface area contributed by atoms with E-state index in [1.165, 1.54) is 0 Å². The zero-order valence-corrected chi connectivity index (χ0v) is 17.5. The van der Waals surface area contributed by atoms with E-state index in [-0.39, 0.29) is 5.75 Å². The summed E-state index contributed by atoms with van der Waals surface area (Å²) in [4.78, 5) is 9.65. The smallest absolute Gasteiger partial charge is 0.215 e. The van der Waals surface area contributed by atoms with Crippen molar-refractivity contribution >= 4 is 27.3 Å². The lowest BCUT2D eigenvalue weighted by atomic mass is 10.1. The summed E-state index contributed by atoms with van der Waals surface area (Å²) in [5.41, 5.74) is 4.56. The van der Waals surface area contributed by atoms with Crippen LogP contribution in [0.25, 0.3) is 16.9 Å². The Labute approximate surface area is 169 Å². The lowest BCUT2D eigenvalue weighted by Crippen LogP contribution is -2.07. The molecule has 0 radical (unpaired) electrons. The van der Waals surface area contributed by atoms with Crippen LogP contribution in [0.15, 0.2) is 41.4 Å². The minimum Gasteiger partial charge on any atom is -0.308 e. The van der Waals surface area contributed by atoms with Crippen molar-refractivity contribution in [3.8, 4) is 11.3 Å². The Balaban J connectivity index is 1.90. The Hall–Kier alpha value is -3.20. The van der Waals surface area contributed by atoms with Crippen molar-refractivity contribution < 1.29 is 8.42 Å². The lowest BCUT2D eigenvalue weighted by molar-refractivity contribution is 0.596. The number of fused-ring (bicyclic) bond motifs is 1. The molecule has 3 aromatic heterocycles. The van der Waals surface area contributed by atoms with Crippen LogP contribution in [0.3, 0.4) is 0 Å². The highest BCUT2D eigenvalue weighted by molar-refractivity contribution is 7.91. The topological polar surface area (TPSA) is 105 Å². The molecule has 9 heteroatoms. The average molecular weight is 411 g/mol. The van der Waals surface area contributed by atoms with Crippen LogP contribution in [-0.2, 0) is 9.84 Å². The number of hydrogen-bond acceptors (Lipinski definition) is 6. The van der Waals surface area contributed by atoms with Crippen LogP contribution >= 0.6 is 0 Å². The van der Waals surface area contributed by atoms with E-state index >= 15 is 0 Å². The molecule has 0 amide bonds. The Morgan fingerprint density at radius 3 is 2.62 bits per heavy atom. The van der Waals surface area contributed by atoms with Gasteiger partial charge in [-0.15, -0.1) is 0 Å². The van der Waals surface area contributed by atoms with Crippen molar-refractivity contribution in [2.45, 2.75) is 32.6 Å². The first-order valence-electron chi connectivity index (χ1n) is 9.27. The first-order chi connectivity index (χ1) is 13.8. The first-order valence-corrected chi connectivity index (χ1v) is 10.9. The molecule has 0 saturated carbocycles. The van der Waals surface area contributed by atoms with Gasteiger partial charge in [0.05, 0.1) is 22.0 Å². The molecule has 0 aliphatic heterocycles. The summed E-state index contributed by atoms with van der Waals surface area (Å²) in [5, 5.41) is 10.3. The molecule has 4 rings (SSSR count). The van der Waals surface area contributed by atoms with Crippen molar-refractivity contribution in [1.29, 1.82) is 0 Å². The van der Waals surface area contributed by atoms with Gasteiger partial charge >= 0.3 is 0 Å². The van der Waals surface area contributed by atoms with Gasteiger partial charge in [-0.3, -0.25) is 9.50 Å². The number of H-pyrrole nitrogens is 1. The van der Waals surface area contributed by atoms with Crippen molar-refractivity contribution in [2.24, 2.45) is 0 Å². The second-order valence-electron chi connectivity index (χ2n) is 6.97. The fourth-order valence-electron chi connectivity index (χ4n) is 3.32. The number of aromatic amines is 1. The number of imidazole rings is 1. The van der Waals surface area contributed by atoms with Gasteiger partial charge in [-0.25, -0.2) is 18.4 Å². The summed E-state index contributed by atoms with van der Waals surface area (Å²) in [7, 11) is -3.33. The van der Waals surface area contributed by atoms with E-state index in [4.69, 9.17) is 4.98 Å². The minimum atomic E-state index is -3.33. The fourth-order valence-corrected chi connectivity index (χ4v) is 4.49. The lowest BCUT2D eigenvalue weighted by Gasteiger charge is -2.13. The molecule has 0 saturated heterocycles. The van der Waals surface area contributed by atoms with E-state index in [1.54, 1.807) is 19.1 Å². The van der Waals surface area contributed by atoms with Crippen LogP contribution in [0.4, 0.5) is 11.8 Å². The molecular weight excluding hydrogens is 388 g/mol. The zero-order valence-electron chi connectivity index (χ0n) is 16.7. The summed E-state index contributed by atoms with van der Waals surface area (Å²) in [6.45, 7) is 7.29. The molecule has 29 heavy (non-hydrogen) atoms. The van der Waals surface area contributed by atoms with Gasteiger partial charge in [0.15, 0.2) is 15.7 Å². The molecule has 8 nitrogen and oxygen atoms in total. The van der Waals surface area contributed by atoms with Crippen molar-refractivity contribution in [3.05, 3.63) is 53.5 Å². The Morgan fingerprint density at radius 1 is 1.14 bits per heavy atom. The molecule has 0 fully saturated rings. The van der Waals surface area contributed by atoms with Crippen LogP contribution in [0.5, 0.6) is 0 Å². The van der Waals surface area contributed by atoms with Crippen LogP contribution in [0.1, 0.15) is 23.9 Å². The molecule has 0 spiro atoms. The monoisotopic (exact) mass is 410 g/mol. The summed E-state index contributed by atoms with van der Waals surface area (Å²) < 4.78 is 26.8. The van der Waals surface area contributed by atoms with E-state index in [0.29, 0.717) is 33.6 Å². The predicted octanol–water partition coefficient (Wildman–Crippen LogP) is 3.58. The predicted molar refractivity (Wildman–Crippen MR) is 112 cm³/mol. The van der Waals surface area contributed by atoms with Gasteiger partial charge in [-0.2, -0.15) is 5.10 Å². The Morgan fingerprint density at radius 2 is 1.93 bits per heavy atom. The maximum absolute atomic E-state index is 12.5. The SMILES string of the molecule is CCS(=O)(=O)c1cccc(-c2cc3nc(C)cn3c(Nc3cc(C)[nH]n3)n2)c1C. The third-order valence-corrected chi connectivity index (χ3v) is 6.67. The van der Waals surface area contributed by atoms with Gasteiger partial charge in [0.2, 0.25) is 5.95 Å². The van der Waals surface area contributed by atoms with Crippen LogP contribution < -0.4 is 5.32 Å². The second-order valence-corrected chi connectivity index (χ2v) is 9.22. The third kappa shape index (κ3) is 3.49. The van der Waals surface area contributed by atoms with E-state index in [2.05, 4.69) is 20.5 Å². The normalized spacial score (nSPS) is 11.9. The van der Waals surface area contributed by atoms with Gasteiger partial charge in [-0.1, -0.05) is 19.1 Å². The molecule has 150 valence electrons. The molecule has 0 aliphatic rings. The number of hydrogen-bond donors (Lipinski definition) is 2. The number of aryl methyl sites for hydroxylation is 2. The van der Waals surface area contributed by atoms with Gasteiger partial charge < -0.3 is 5.32 Å². The van der Waals surface area contributed by atoms with E-state index in [0.717, 1.165) is 17.0 Å². The molecule has 2 N–H and O–H groups in total. The Bertz CT molecular complexity index is 1320. The number of benzene rings is 1.